The molecule has 3 nitrogen and oxygen atoms in total. The number of hydrogen-bond acceptors (Lipinski definition) is 3. The quantitative estimate of drug-likeness (QED) is 0.105. The molecule has 0 aromatic heterocycles. The van der Waals surface area contributed by atoms with Gasteiger partial charge >= 0.3 is 6.16 Å². The summed E-state index contributed by atoms with van der Waals surface area (Å²) in [6.45, 7) is 5.47. The molecule has 0 atom stereocenters. The zero-order chi connectivity index (χ0) is 22.7. The maximum atomic E-state index is 11.4. The Balaban J connectivity index is 3.08. The molecule has 0 heterocycles. The number of unbranched alkanes of at least 4 members (excludes halogenated alkanes) is 21. The second-order valence-corrected chi connectivity index (χ2v) is 9.37. The first kappa shape index (κ1) is 30.3. The van der Waals surface area contributed by atoms with Crippen LogP contribution in [0, 0.1) is 0 Å². The average molecular weight is 441 g/mol. The Morgan fingerprint density at radius 2 is 0.613 bits per heavy atom. The van der Waals surface area contributed by atoms with Crippen molar-refractivity contribution in [2.24, 2.45) is 0 Å². The van der Waals surface area contributed by atoms with Gasteiger partial charge in [-0.1, -0.05) is 149 Å². The minimum atomic E-state index is -0.487. The first-order valence-corrected chi connectivity index (χ1v) is 14.1. The van der Waals surface area contributed by atoms with E-state index in [2.05, 4.69) is 13.8 Å². The number of carbonyl (C=O) groups excluding carboxylic acids is 1. The molecule has 0 aliphatic rings. The Morgan fingerprint density at radius 3 is 0.903 bits per heavy atom. The van der Waals surface area contributed by atoms with E-state index in [1.807, 2.05) is 0 Å². The van der Waals surface area contributed by atoms with Crippen LogP contribution >= 0.6 is 0 Å². The summed E-state index contributed by atoms with van der Waals surface area (Å²) < 4.78 is 10.2. The molecule has 0 radical (unpaired) electrons. The van der Waals surface area contributed by atoms with Gasteiger partial charge in [-0.25, -0.2) is 4.79 Å². The Hall–Kier alpha value is -0.730. The molecule has 0 bridgehead atoms. The van der Waals surface area contributed by atoms with Gasteiger partial charge in [-0.15, -0.1) is 0 Å². The molecule has 0 rings (SSSR count). The fourth-order valence-electron chi connectivity index (χ4n) is 4.06. The van der Waals surface area contributed by atoms with Gasteiger partial charge in [0.05, 0.1) is 13.2 Å². The molecule has 31 heavy (non-hydrogen) atoms. The van der Waals surface area contributed by atoms with Gasteiger partial charge in [0.25, 0.3) is 0 Å². The van der Waals surface area contributed by atoms with E-state index >= 15 is 0 Å². The molecule has 186 valence electrons. The Kier molecular flexibility index (Phi) is 26.7. The molecule has 0 aliphatic heterocycles. The van der Waals surface area contributed by atoms with E-state index in [0.29, 0.717) is 13.2 Å². The number of hydrogen-bond donors (Lipinski definition) is 0. The summed E-state index contributed by atoms with van der Waals surface area (Å²) in [7, 11) is 0. The Bertz CT molecular complexity index is 343. The third-order valence-corrected chi connectivity index (χ3v) is 6.19. The standard InChI is InChI=1S/C28H56O3/c1-3-5-7-9-10-11-12-13-14-15-16-17-18-19-20-21-22-23-25-27-31-28(29)30-26-24-8-6-4-2/h3-27H2,1-2H3. The lowest BCUT2D eigenvalue weighted by Gasteiger charge is -2.06. The monoisotopic (exact) mass is 440 g/mol. The van der Waals surface area contributed by atoms with Gasteiger partial charge in [0, 0.05) is 0 Å². The van der Waals surface area contributed by atoms with E-state index in [4.69, 9.17) is 9.47 Å². The first-order valence-electron chi connectivity index (χ1n) is 14.1. The molecule has 3 heteroatoms. The van der Waals surface area contributed by atoms with Crippen LogP contribution in [0.1, 0.15) is 162 Å². The number of ether oxygens (including phenoxy) is 2. The third kappa shape index (κ3) is 27.2. The van der Waals surface area contributed by atoms with Crippen molar-refractivity contribution in [2.45, 2.75) is 162 Å². The smallest absolute Gasteiger partial charge is 0.434 e. The molecule has 0 aliphatic carbocycles. The SMILES string of the molecule is CCCCCCCCCCCCCCCCCCCCCOC(=O)OCCCCCC. The van der Waals surface area contributed by atoms with Crippen molar-refractivity contribution < 1.29 is 14.3 Å². The van der Waals surface area contributed by atoms with Crippen LogP contribution in [0.4, 0.5) is 4.79 Å². The second-order valence-electron chi connectivity index (χ2n) is 9.37. The average Bonchev–Trinajstić information content (AvgIpc) is 2.77. The lowest BCUT2D eigenvalue weighted by atomic mass is 10.0. The molecule has 0 spiro atoms. The van der Waals surface area contributed by atoms with Crippen LogP contribution in [0.2, 0.25) is 0 Å². The van der Waals surface area contributed by atoms with Gasteiger partial charge in [-0.2, -0.15) is 0 Å². The lowest BCUT2D eigenvalue weighted by Crippen LogP contribution is -2.09. The zero-order valence-corrected chi connectivity index (χ0v) is 21.4. The Labute approximate surface area is 195 Å². The molecule has 0 aromatic carbocycles. The molecule has 0 saturated heterocycles. The molecule has 0 aromatic rings. The minimum absolute atomic E-state index is 0.487. The molecular weight excluding hydrogens is 384 g/mol. The van der Waals surface area contributed by atoms with Crippen LogP contribution in [0.15, 0.2) is 0 Å². The van der Waals surface area contributed by atoms with Gasteiger partial charge in [-0.05, 0) is 12.8 Å². The van der Waals surface area contributed by atoms with Crippen molar-refractivity contribution >= 4 is 6.16 Å². The van der Waals surface area contributed by atoms with Gasteiger partial charge in [-0.3, -0.25) is 0 Å². The highest BCUT2D eigenvalue weighted by Gasteiger charge is 2.03. The fourth-order valence-corrected chi connectivity index (χ4v) is 4.06. The molecule has 0 fully saturated rings. The van der Waals surface area contributed by atoms with Crippen LogP contribution in [0.3, 0.4) is 0 Å². The van der Waals surface area contributed by atoms with E-state index in [1.54, 1.807) is 0 Å². The summed E-state index contributed by atoms with van der Waals surface area (Å²) >= 11 is 0. The highest BCUT2D eigenvalue weighted by atomic mass is 16.7. The largest absolute Gasteiger partial charge is 0.508 e. The third-order valence-electron chi connectivity index (χ3n) is 6.19. The van der Waals surface area contributed by atoms with Crippen molar-refractivity contribution in [3.63, 3.8) is 0 Å². The van der Waals surface area contributed by atoms with Gasteiger partial charge in [0.2, 0.25) is 0 Å². The normalized spacial score (nSPS) is 11.0. The van der Waals surface area contributed by atoms with E-state index in [0.717, 1.165) is 25.7 Å². The zero-order valence-electron chi connectivity index (χ0n) is 21.4. The van der Waals surface area contributed by atoms with Crippen molar-refractivity contribution in [3.8, 4) is 0 Å². The molecule has 0 N–H and O–H groups in total. The van der Waals surface area contributed by atoms with E-state index < -0.39 is 6.16 Å². The molecule has 0 saturated carbocycles. The number of rotatable bonds is 25. The van der Waals surface area contributed by atoms with Gasteiger partial charge in [0.1, 0.15) is 0 Å². The molecule has 0 amide bonds. The van der Waals surface area contributed by atoms with E-state index in [1.165, 1.54) is 122 Å². The summed E-state index contributed by atoms with van der Waals surface area (Å²) in [4.78, 5) is 11.4. The topological polar surface area (TPSA) is 35.5 Å². The van der Waals surface area contributed by atoms with Crippen LogP contribution in [-0.4, -0.2) is 19.4 Å². The summed E-state index contributed by atoms with van der Waals surface area (Å²) in [6.07, 6.45) is 30.1. The van der Waals surface area contributed by atoms with Gasteiger partial charge in [0.15, 0.2) is 0 Å². The number of carbonyl (C=O) groups is 1. The summed E-state index contributed by atoms with van der Waals surface area (Å²) in [6, 6.07) is 0. The maximum Gasteiger partial charge on any atom is 0.508 e. The maximum absolute atomic E-state index is 11.4. The van der Waals surface area contributed by atoms with Gasteiger partial charge < -0.3 is 9.47 Å². The summed E-state index contributed by atoms with van der Waals surface area (Å²) in [5.41, 5.74) is 0. The predicted molar refractivity (Wildman–Crippen MR) is 135 cm³/mol. The highest BCUT2D eigenvalue weighted by Crippen LogP contribution is 2.14. The van der Waals surface area contributed by atoms with Crippen LogP contribution in [-0.2, 0) is 9.47 Å². The fraction of sp³-hybridized carbons (Fsp3) is 0.964. The van der Waals surface area contributed by atoms with Crippen LogP contribution < -0.4 is 0 Å². The second kappa shape index (κ2) is 27.3. The van der Waals surface area contributed by atoms with Crippen molar-refractivity contribution in [1.29, 1.82) is 0 Å². The minimum Gasteiger partial charge on any atom is -0.434 e. The summed E-state index contributed by atoms with van der Waals surface area (Å²) in [5.74, 6) is 0. The van der Waals surface area contributed by atoms with Crippen molar-refractivity contribution in [1.82, 2.24) is 0 Å². The van der Waals surface area contributed by atoms with Crippen LogP contribution in [0.5, 0.6) is 0 Å². The van der Waals surface area contributed by atoms with Crippen molar-refractivity contribution in [3.05, 3.63) is 0 Å². The summed E-state index contributed by atoms with van der Waals surface area (Å²) in [5, 5.41) is 0. The Morgan fingerprint density at radius 1 is 0.387 bits per heavy atom. The lowest BCUT2D eigenvalue weighted by molar-refractivity contribution is 0.0529. The van der Waals surface area contributed by atoms with E-state index in [-0.39, 0.29) is 0 Å². The first-order chi connectivity index (χ1) is 15.3. The molecular formula is C28H56O3. The highest BCUT2D eigenvalue weighted by molar-refractivity contribution is 5.59. The predicted octanol–water partition coefficient (Wildman–Crippen LogP) is 10.2. The van der Waals surface area contributed by atoms with Crippen molar-refractivity contribution in [2.75, 3.05) is 13.2 Å². The molecule has 0 unspecified atom stereocenters. The van der Waals surface area contributed by atoms with Crippen LogP contribution in [0.25, 0.3) is 0 Å². The van der Waals surface area contributed by atoms with E-state index in [9.17, 15) is 4.79 Å².